The standard InChI is InChI=1S/C21H17ClN4O4S2/c22-13-3-4-16(15(10-13)26(27)28)30-20-19-14(17-2-1-9-31-17)12-32-21(19)24-18(23-20)11-25-5-7-29-8-6-25/h1-4,9-10,12H,5-8,11H2. The minimum Gasteiger partial charge on any atom is -0.431 e. The molecular weight excluding hydrogens is 472 g/mol. The summed E-state index contributed by atoms with van der Waals surface area (Å²) in [7, 11) is 0. The third-order valence-electron chi connectivity index (χ3n) is 5.03. The molecule has 5 rings (SSSR count). The van der Waals surface area contributed by atoms with Gasteiger partial charge < -0.3 is 9.47 Å². The molecule has 1 fully saturated rings. The zero-order valence-corrected chi connectivity index (χ0v) is 19.1. The number of hydrogen-bond acceptors (Lipinski definition) is 9. The summed E-state index contributed by atoms with van der Waals surface area (Å²) >= 11 is 9.07. The molecule has 0 saturated carbocycles. The van der Waals surface area contributed by atoms with Gasteiger partial charge in [0.05, 0.1) is 30.1 Å². The van der Waals surface area contributed by atoms with E-state index in [1.165, 1.54) is 23.5 Å². The van der Waals surface area contributed by atoms with Gasteiger partial charge >= 0.3 is 5.69 Å². The minimum absolute atomic E-state index is 0.0834. The summed E-state index contributed by atoms with van der Waals surface area (Å²) in [5, 5.41) is 16.6. The molecule has 0 aliphatic carbocycles. The topological polar surface area (TPSA) is 90.6 Å². The molecule has 4 aromatic rings. The summed E-state index contributed by atoms with van der Waals surface area (Å²) < 4.78 is 11.5. The second kappa shape index (κ2) is 9.08. The number of rotatable bonds is 6. The summed E-state index contributed by atoms with van der Waals surface area (Å²) in [6.45, 7) is 3.48. The molecule has 3 aromatic heterocycles. The Hall–Kier alpha value is -2.63. The van der Waals surface area contributed by atoms with Crippen LogP contribution in [0, 0.1) is 10.1 Å². The Labute approximate surface area is 196 Å². The molecule has 0 radical (unpaired) electrons. The van der Waals surface area contributed by atoms with E-state index >= 15 is 0 Å². The van der Waals surface area contributed by atoms with Crippen molar-refractivity contribution in [1.29, 1.82) is 0 Å². The van der Waals surface area contributed by atoms with Crippen molar-refractivity contribution < 1.29 is 14.4 Å². The van der Waals surface area contributed by atoms with E-state index in [9.17, 15) is 10.1 Å². The molecule has 1 saturated heterocycles. The van der Waals surface area contributed by atoms with E-state index in [1.54, 1.807) is 17.4 Å². The molecule has 164 valence electrons. The molecule has 32 heavy (non-hydrogen) atoms. The summed E-state index contributed by atoms with van der Waals surface area (Å²) in [5.41, 5.74) is 0.733. The van der Waals surface area contributed by atoms with Crippen LogP contribution < -0.4 is 4.74 Å². The van der Waals surface area contributed by atoms with Crippen LogP contribution in [0.5, 0.6) is 11.6 Å². The number of nitrogens with zero attached hydrogens (tertiary/aromatic N) is 4. The van der Waals surface area contributed by atoms with Gasteiger partial charge in [0.2, 0.25) is 11.6 Å². The van der Waals surface area contributed by atoms with Crippen molar-refractivity contribution in [1.82, 2.24) is 14.9 Å². The van der Waals surface area contributed by atoms with Gasteiger partial charge in [-0.2, -0.15) is 4.98 Å². The zero-order valence-electron chi connectivity index (χ0n) is 16.7. The zero-order chi connectivity index (χ0) is 22.1. The minimum atomic E-state index is -0.512. The maximum Gasteiger partial charge on any atom is 0.313 e. The van der Waals surface area contributed by atoms with Crippen molar-refractivity contribution in [2.45, 2.75) is 6.54 Å². The predicted molar refractivity (Wildman–Crippen MR) is 125 cm³/mol. The van der Waals surface area contributed by atoms with Crippen LogP contribution >= 0.6 is 34.3 Å². The molecule has 0 N–H and O–H groups in total. The van der Waals surface area contributed by atoms with Crippen LogP contribution in [0.1, 0.15) is 5.82 Å². The summed E-state index contributed by atoms with van der Waals surface area (Å²) in [6, 6.07) is 8.32. The number of thiophene rings is 2. The predicted octanol–water partition coefficient (Wildman–Crippen LogP) is 5.61. The lowest BCUT2D eigenvalue weighted by Crippen LogP contribution is -2.36. The number of hydrogen-bond donors (Lipinski definition) is 0. The van der Waals surface area contributed by atoms with Crippen LogP contribution in [0.25, 0.3) is 20.7 Å². The average Bonchev–Trinajstić information content (AvgIpc) is 3.45. The molecule has 8 nitrogen and oxygen atoms in total. The fourth-order valence-corrected chi connectivity index (χ4v) is 5.43. The maximum absolute atomic E-state index is 11.6. The molecule has 1 aliphatic rings. The number of nitro benzene ring substituents is 1. The lowest BCUT2D eigenvalue weighted by molar-refractivity contribution is -0.385. The molecule has 1 aliphatic heterocycles. The van der Waals surface area contributed by atoms with Gasteiger partial charge in [0.25, 0.3) is 0 Å². The number of ether oxygens (including phenoxy) is 2. The highest BCUT2D eigenvalue weighted by Crippen LogP contribution is 2.42. The summed E-state index contributed by atoms with van der Waals surface area (Å²) in [5.74, 6) is 0.985. The van der Waals surface area contributed by atoms with E-state index in [0.29, 0.717) is 31.5 Å². The number of fused-ring (bicyclic) bond motifs is 1. The fraction of sp³-hybridized carbons (Fsp3) is 0.238. The monoisotopic (exact) mass is 488 g/mol. The van der Waals surface area contributed by atoms with Crippen LogP contribution in [0.15, 0.2) is 41.1 Å². The van der Waals surface area contributed by atoms with Crippen molar-refractivity contribution in [2.75, 3.05) is 26.3 Å². The molecule has 4 heterocycles. The maximum atomic E-state index is 11.6. The highest BCUT2D eigenvalue weighted by Gasteiger charge is 2.23. The number of halogens is 1. The fourth-order valence-electron chi connectivity index (χ4n) is 3.49. The highest BCUT2D eigenvalue weighted by atomic mass is 35.5. The molecule has 0 amide bonds. The van der Waals surface area contributed by atoms with Crippen LogP contribution in [0.4, 0.5) is 5.69 Å². The van der Waals surface area contributed by atoms with Crippen molar-refractivity contribution in [3.05, 3.63) is 62.1 Å². The molecule has 0 bridgehead atoms. The number of aromatic nitrogens is 2. The van der Waals surface area contributed by atoms with Gasteiger partial charge in [-0.05, 0) is 23.6 Å². The molecule has 11 heteroatoms. The number of benzene rings is 1. The van der Waals surface area contributed by atoms with Gasteiger partial charge in [-0.3, -0.25) is 15.0 Å². The quantitative estimate of drug-likeness (QED) is 0.257. The Morgan fingerprint density at radius 3 is 2.81 bits per heavy atom. The lowest BCUT2D eigenvalue weighted by Gasteiger charge is -2.25. The molecule has 1 aromatic carbocycles. The molecule has 0 spiro atoms. The van der Waals surface area contributed by atoms with Crippen LogP contribution in [-0.4, -0.2) is 46.1 Å². The third kappa shape index (κ3) is 4.32. The average molecular weight is 489 g/mol. The van der Waals surface area contributed by atoms with Crippen molar-refractivity contribution in [3.63, 3.8) is 0 Å². The summed E-state index contributed by atoms with van der Waals surface area (Å²) in [4.78, 5) is 24.6. The first-order chi connectivity index (χ1) is 15.6. The van der Waals surface area contributed by atoms with E-state index < -0.39 is 4.92 Å². The van der Waals surface area contributed by atoms with Crippen molar-refractivity contribution >= 4 is 50.2 Å². The van der Waals surface area contributed by atoms with Gasteiger partial charge in [-0.15, -0.1) is 22.7 Å². The second-order valence-electron chi connectivity index (χ2n) is 7.11. The van der Waals surface area contributed by atoms with E-state index in [0.717, 1.165) is 33.7 Å². The first-order valence-electron chi connectivity index (χ1n) is 9.82. The smallest absolute Gasteiger partial charge is 0.313 e. The Morgan fingerprint density at radius 2 is 2.06 bits per heavy atom. The Kier molecular flexibility index (Phi) is 6.03. The Bertz CT molecular complexity index is 1270. The van der Waals surface area contributed by atoms with Crippen LogP contribution in [0.3, 0.4) is 0 Å². The van der Waals surface area contributed by atoms with Crippen LogP contribution in [0.2, 0.25) is 5.02 Å². The van der Waals surface area contributed by atoms with Crippen LogP contribution in [-0.2, 0) is 11.3 Å². The van der Waals surface area contributed by atoms with E-state index in [4.69, 9.17) is 31.0 Å². The second-order valence-corrected chi connectivity index (χ2v) is 9.35. The summed E-state index contributed by atoms with van der Waals surface area (Å²) in [6.07, 6.45) is 0. The Morgan fingerprint density at radius 1 is 1.22 bits per heavy atom. The van der Waals surface area contributed by atoms with Crippen molar-refractivity contribution in [2.24, 2.45) is 0 Å². The lowest BCUT2D eigenvalue weighted by atomic mass is 10.2. The van der Waals surface area contributed by atoms with E-state index in [2.05, 4.69) is 4.90 Å². The highest BCUT2D eigenvalue weighted by molar-refractivity contribution is 7.18. The molecular formula is C21H17ClN4O4S2. The van der Waals surface area contributed by atoms with Crippen molar-refractivity contribution in [3.8, 4) is 22.1 Å². The van der Waals surface area contributed by atoms with Gasteiger partial charge in [-0.1, -0.05) is 17.7 Å². The third-order valence-corrected chi connectivity index (χ3v) is 7.04. The Balaban J connectivity index is 1.61. The van der Waals surface area contributed by atoms with E-state index in [-0.39, 0.29) is 16.5 Å². The van der Waals surface area contributed by atoms with Gasteiger partial charge in [0.15, 0.2) is 0 Å². The van der Waals surface area contributed by atoms with E-state index in [1.807, 2.05) is 22.9 Å². The van der Waals surface area contributed by atoms with Gasteiger partial charge in [0, 0.05) is 40.0 Å². The van der Waals surface area contributed by atoms with Gasteiger partial charge in [-0.25, -0.2) is 4.98 Å². The first kappa shape index (κ1) is 21.2. The normalized spacial score (nSPS) is 14.7. The molecule has 0 unspecified atom stereocenters. The molecule has 0 atom stereocenters. The largest absolute Gasteiger partial charge is 0.431 e. The number of morpholine rings is 1. The number of nitro groups is 1. The SMILES string of the molecule is O=[N+]([O-])c1cc(Cl)ccc1Oc1nc(CN2CCOCC2)nc2scc(-c3cccs3)c12. The first-order valence-corrected chi connectivity index (χ1v) is 12.0. The van der Waals surface area contributed by atoms with Gasteiger partial charge in [0.1, 0.15) is 10.7 Å².